The molecule has 0 saturated carbocycles. The average Bonchev–Trinajstić information content (AvgIpc) is 2.61. The van der Waals surface area contributed by atoms with E-state index in [4.69, 9.17) is 0 Å². The maximum absolute atomic E-state index is 13.0. The number of hydrogen-bond acceptors (Lipinski definition) is 7. The van der Waals surface area contributed by atoms with Crippen LogP contribution in [0.4, 0.5) is 21.7 Å². The van der Waals surface area contributed by atoms with Gasteiger partial charge in [-0.15, -0.1) is 0 Å². The average molecular weight is 346 g/mol. The molecule has 0 bridgehead atoms. The number of likely N-dealkylation sites (N-methyl/N-ethyl adjacent to an activating group) is 1. The molecule has 0 amide bonds. The van der Waals surface area contributed by atoms with Crippen molar-refractivity contribution in [1.29, 1.82) is 0 Å². The highest BCUT2D eigenvalue weighted by molar-refractivity contribution is 5.70. The van der Waals surface area contributed by atoms with Crippen molar-refractivity contribution in [2.75, 3.05) is 43.4 Å². The van der Waals surface area contributed by atoms with E-state index >= 15 is 0 Å². The van der Waals surface area contributed by atoms with Gasteiger partial charge in [-0.1, -0.05) is 12.1 Å². The Balaban J connectivity index is 1.82. The number of piperazine rings is 1. The summed E-state index contributed by atoms with van der Waals surface area (Å²) in [6.07, 6.45) is 1.33. The summed E-state index contributed by atoms with van der Waals surface area (Å²) in [4.78, 5) is 23.4. The third-order valence-electron chi connectivity index (χ3n) is 4.16. The number of hydrogen-bond donors (Lipinski definition) is 1. The molecule has 1 aliphatic rings. The van der Waals surface area contributed by atoms with Gasteiger partial charge in [-0.05, 0) is 24.7 Å². The summed E-state index contributed by atoms with van der Waals surface area (Å²) in [6.45, 7) is 3.29. The minimum absolute atomic E-state index is 0.130. The smallest absolute Gasteiger partial charge is 0.353 e. The zero-order valence-corrected chi connectivity index (χ0v) is 13.9. The van der Waals surface area contributed by atoms with Gasteiger partial charge in [0, 0.05) is 32.7 Å². The summed E-state index contributed by atoms with van der Waals surface area (Å²) < 4.78 is 13.0. The second kappa shape index (κ2) is 7.39. The highest BCUT2D eigenvalue weighted by atomic mass is 19.1. The van der Waals surface area contributed by atoms with Crippen molar-refractivity contribution in [3.63, 3.8) is 0 Å². The predicted octanol–water partition coefficient (Wildman–Crippen LogP) is 1.89. The molecule has 1 aromatic heterocycles. The normalized spacial score (nSPS) is 15.2. The van der Waals surface area contributed by atoms with Crippen LogP contribution in [0.5, 0.6) is 0 Å². The van der Waals surface area contributed by atoms with Crippen molar-refractivity contribution in [3.8, 4) is 0 Å². The molecule has 0 atom stereocenters. The Morgan fingerprint density at radius 1 is 1.20 bits per heavy atom. The monoisotopic (exact) mass is 346 g/mol. The minimum atomic E-state index is -0.458. The van der Waals surface area contributed by atoms with E-state index in [0.717, 1.165) is 18.7 Å². The van der Waals surface area contributed by atoms with Crippen LogP contribution in [0.2, 0.25) is 0 Å². The minimum Gasteiger partial charge on any atom is -0.360 e. The molecule has 0 radical (unpaired) electrons. The number of halogens is 1. The van der Waals surface area contributed by atoms with Crippen LogP contribution in [0.25, 0.3) is 0 Å². The lowest BCUT2D eigenvalue weighted by Crippen LogP contribution is -2.45. The van der Waals surface area contributed by atoms with E-state index in [2.05, 4.69) is 20.2 Å². The lowest BCUT2D eigenvalue weighted by atomic mass is 10.2. The van der Waals surface area contributed by atoms with E-state index in [1.807, 2.05) is 11.9 Å². The van der Waals surface area contributed by atoms with Crippen LogP contribution < -0.4 is 10.2 Å². The topological polar surface area (TPSA) is 87.4 Å². The van der Waals surface area contributed by atoms with Crippen molar-refractivity contribution in [2.24, 2.45) is 0 Å². The van der Waals surface area contributed by atoms with Gasteiger partial charge >= 0.3 is 5.69 Å². The summed E-state index contributed by atoms with van der Waals surface area (Å²) in [5.41, 5.74) is 0.671. The van der Waals surface area contributed by atoms with Crippen LogP contribution >= 0.6 is 0 Å². The van der Waals surface area contributed by atoms with Crippen molar-refractivity contribution in [2.45, 2.75) is 6.54 Å². The van der Waals surface area contributed by atoms with Crippen LogP contribution in [0, 0.1) is 15.9 Å². The Bertz CT molecular complexity index is 747. The number of nitro groups is 1. The van der Waals surface area contributed by atoms with Gasteiger partial charge in [-0.25, -0.2) is 14.4 Å². The number of rotatable bonds is 5. The molecule has 2 aromatic rings. The van der Waals surface area contributed by atoms with E-state index in [9.17, 15) is 14.5 Å². The number of anilines is 2. The Morgan fingerprint density at radius 3 is 2.52 bits per heavy atom. The lowest BCUT2D eigenvalue weighted by molar-refractivity contribution is -0.383. The van der Waals surface area contributed by atoms with Gasteiger partial charge in [0.1, 0.15) is 12.1 Å². The second-order valence-corrected chi connectivity index (χ2v) is 5.92. The molecule has 25 heavy (non-hydrogen) atoms. The fraction of sp³-hybridized carbons (Fsp3) is 0.375. The fourth-order valence-electron chi connectivity index (χ4n) is 2.70. The van der Waals surface area contributed by atoms with Gasteiger partial charge < -0.3 is 15.1 Å². The van der Waals surface area contributed by atoms with Crippen molar-refractivity contribution in [3.05, 3.63) is 52.1 Å². The van der Waals surface area contributed by atoms with Crippen LogP contribution in [0.1, 0.15) is 5.56 Å². The Kier molecular flexibility index (Phi) is 5.03. The SMILES string of the molecule is CN1CCN(c2ncnc(NCc3ccc(F)cc3)c2[N+](=O)[O-])CC1. The van der Waals surface area contributed by atoms with Gasteiger partial charge in [-0.3, -0.25) is 10.1 Å². The van der Waals surface area contributed by atoms with E-state index < -0.39 is 4.92 Å². The summed E-state index contributed by atoms with van der Waals surface area (Å²) in [5.74, 6) is 0.169. The Labute approximate surface area is 144 Å². The van der Waals surface area contributed by atoms with Crippen LogP contribution in [-0.4, -0.2) is 53.0 Å². The van der Waals surface area contributed by atoms with Gasteiger partial charge in [-0.2, -0.15) is 0 Å². The quantitative estimate of drug-likeness (QED) is 0.653. The molecule has 8 nitrogen and oxygen atoms in total. The maximum atomic E-state index is 13.0. The first-order valence-electron chi connectivity index (χ1n) is 7.96. The molecule has 0 aliphatic carbocycles. The molecule has 1 N–H and O–H groups in total. The molecule has 132 valence electrons. The highest BCUT2D eigenvalue weighted by Gasteiger charge is 2.28. The molecule has 1 aromatic carbocycles. The molecule has 0 unspecified atom stereocenters. The first-order valence-corrected chi connectivity index (χ1v) is 7.96. The number of nitrogens with zero attached hydrogens (tertiary/aromatic N) is 5. The molecule has 2 heterocycles. The van der Waals surface area contributed by atoms with Gasteiger partial charge in [0.05, 0.1) is 4.92 Å². The second-order valence-electron chi connectivity index (χ2n) is 5.92. The van der Waals surface area contributed by atoms with Crippen molar-refractivity contribution >= 4 is 17.3 Å². The fourth-order valence-corrected chi connectivity index (χ4v) is 2.70. The van der Waals surface area contributed by atoms with E-state index in [1.165, 1.54) is 18.5 Å². The number of aromatic nitrogens is 2. The summed E-state index contributed by atoms with van der Waals surface area (Å²) in [6, 6.07) is 5.94. The van der Waals surface area contributed by atoms with Crippen LogP contribution in [0.3, 0.4) is 0 Å². The first kappa shape index (κ1) is 17.0. The van der Waals surface area contributed by atoms with Gasteiger partial charge in [0.15, 0.2) is 0 Å². The predicted molar refractivity (Wildman–Crippen MR) is 92.1 cm³/mol. The molecule has 1 saturated heterocycles. The summed E-state index contributed by atoms with van der Waals surface area (Å²) >= 11 is 0. The van der Waals surface area contributed by atoms with Gasteiger partial charge in [0.2, 0.25) is 11.6 Å². The van der Waals surface area contributed by atoms with Crippen LogP contribution in [0.15, 0.2) is 30.6 Å². The lowest BCUT2D eigenvalue weighted by Gasteiger charge is -2.32. The van der Waals surface area contributed by atoms with Crippen LogP contribution in [-0.2, 0) is 6.54 Å². The van der Waals surface area contributed by atoms with E-state index in [0.29, 0.717) is 25.5 Å². The van der Waals surface area contributed by atoms with E-state index in [-0.39, 0.29) is 17.3 Å². The molecular weight excluding hydrogens is 327 g/mol. The molecule has 0 spiro atoms. The van der Waals surface area contributed by atoms with Crippen molar-refractivity contribution < 1.29 is 9.31 Å². The third-order valence-corrected chi connectivity index (χ3v) is 4.16. The van der Waals surface area contributed by atoms with Gasteiger partial charge in [0.25, 0.3) is 0 Å². The van der Waals surface area contributed by atoms with E-state index in [1.54, 1.807) is 12.1 Å². The summed E-state index contributed by atoms with van der Waals surface area (Å²) in [5, 5.41) is 14.6. The first-order chi connectivity index (χ1) is 12.0. The third kappa shape index (κ3) is 4.00. The zero-order chi connectivity index (χ0) is 17.8. The largest absolute Gasteiger partial charge is 0.360 e. The highest BCUT2D eigenvalue weighted by Crippen LogP contribution is 2.32. The molecule has 3 rings (SSSR count). The van der Waals surface area contributed by atoms with Crippen molar-refractivity contribution in [1.82, 2.24) is 14.9 Å². The molecular formula is C16H19FN6O2. The maximum Gasteiger partial charge on any atom is 0.353 e. The Morgan fingerprint density at radius 2 is 1.88 bits per heavy atom. The summed E-state index contributed by atoms with van der Waals surface area (Å²) in [7, 11) is 2.02. The standard InChI is InChI=1S/C16H19FN6O2/c1-21-6-8-22(9-7-21)16-14(23(24)25)15(19-11-20-16)18-10-12-2-4-13(17)5-3-12/h2-5,11H,6-10H2,1H3,(H,18,19,20). The number of benzene rings is 1. The molecule has 9 heteroatoms. The zero-order valence-electron chi connectivity index (χ0n) is 13.9. The number of nitrogens with one attached hydrogen (secondary N) is 1. The molecule has 1 fully saturated rings. The Hall–Kier alpha value is -2.81. The molecule has 1 aliphatic heterocycles.